The lowest BCUT2D eigenvalue weighted by Crippen LogP contribution is -2.28. The maximum absolute atomic E-state index is 14.1. The Morgan fingerprint density at radius 1 is 1.19 bits per heavy atom. The largest absolute Gasteiger partial charge is 0.372 e. The number of thioether (sulfide) groups is 1. The van der Waals surface area contributed by atoms with Gasteiger partial charge in [0, 0.05) is 17.1 Å². The number of hydrogen-bond acceptors (Lipinski definition) is 6. The second-order valence-electron chi connectivity index (χ2n) is 9.50. The summed E-state index contributed by atoms with van der Waals surface area (Å²) in [7, 11) is 0. The van der Waals surface area contributed by atoms with Crippen molar-refractivity contribution in [1.29, 1.82) is 0 Å². The quantitative estimate of drug-likeness (QED) is 0.269. The number of hydrogen-bond donors (Lipinski definition) is 0. The van der Waals surface area contributed by atoms with Crippen molar-refractivity contribution < 1.29 is 9.13 Å². The first kappa shape index (κ1) is 23.4. The van der Waals surface area contributed by atoms with Crippen molar-refractivity contribution in [3.05, 3.63) is 86.3 Å². The highest BCUT2D eigenvalue weighted by Crippen LogP contribution is 2.38. The average molecular weight is 521 g/mol. The molecule has 0 fully saturated rings. The zero-order valence-corrected chi connectivity index (χ0v) is 21.8. The lowest BCUT2D eigenvalue weighted by atomic mass is 9.96. The molecule has 1 aliphatic heterocycles. The first-order chi connectivity index (χ1) is 17.4. The SMILES string of the molecule is Cc1cccc(-n2c(=O)c3c4c(sc3n3c(SCc5cccc(F)c5)nnc23)COC(C(C)C)C4)c1. The van der Waals surface area contributed by atoms with E-state index in [9.17, 15) is 9.18 Å². The van der Waals surface area contributed by atoms with Crippen LogP contribution in [0, 0.1) is 18.7 Å². The van der Waals surface area contributed by atoms with Crippen LogP contribution in [0.5, 0.6) is 0 Å². The van der Waals surface area contributed by atoms with Gasteiger partial charge < -0.3 is 4.74 Å². The average Bonchev–Trinajstić information content (AvgIpc) is 3.44. The molecule has 0 bridgehead atoms. The zero-order valence-electron chi connectivity index (χ0n) is 20.2. The summed E-state index contributed by atoms with van der Waals surface area (Å²) in [5.41, 5.74) is 3.66. The van der Waals surface area contributed by atoms with E-state index in [2.05, 4.69) is 24.0 Å². The Morgan fingerprint density at radius 3 is 2.81 bits per heavy atom. The molecule has 0 aliphatic carbocycles. The van der Waals surface area contributed by atoms with E-state index in [-0.39, 0.29) is 17.5 Å². The summed E-state index contributed by atoms with van der Waals surface area (Å²) in [6.45, 7) is 6.80. The Morgan fingerprint density at radius 2 is 2.03 bits per heavy atom. The van der Waals surface area contributed by atoms with E-state index in [1.807, 2.05) is 41.7 Å². The van der Waals surface area contributed by atoms with Crippen LogP contribution in [0.4, 0.5) is 4.39 Å². The second kappa shape index (κ2) is 9.14. The molecule has 1 unspecified atom stereocenters. The molecule has 4 heterocycles. The summed E-state index contributed by atoms with van der Waals surface area (Å²) < 4.78 is 23.5. The minimum atomic E-state index is -0.263. The predicted octanol–water partition coefficient (Wildman–Crippen LogP) is 5.93. The molecular weight excluding hydrogens is 495 g/mol. The third-order valence-electron chi connectivity index (χ3n) is 6.60. The third-order valence-corrected chi connectivity index (χ3v) is 8.79. The van der Waals surface area contributed by atoms with Gasteiger partial charge in [-0.2, -0.15) is 0 Å². The predicted molar refractivity (Wildman–Crippen MR) is 142 cm³/mol. The number of aromatic nitrogens is 4. The highest BCUT2D eigenvalue weighted by Gasteiger charge is 2.30. The summed E-state index contributed by atoms with van der Waals surface area (Å²) >= 11 is 3.06. The lowest BCUT2D eigenvalue weighted by Gasteiger charge is -2.26. The number of rotatable bonds is 5. The highest BCUT2D eigenvalue weighted by atomic mass is 32.2. The molecule has 6 nitrogen and oxygen atoms in total. The molecule has 36 heavy (non-hydrogen) atoms. The Bertz CT molecular complexity index is 1670. The van der Waals surface area contributed by atoms with Crippen LogP contribution in [0.25, 0.3) is 21.7 Å². The van der Waals surface area contributed by atoms with Gasteiger partial charge in [-0.15, -0.1) is 21.5 Å². The fourth-order valence-corrected chi connectivity index (χ4v) is 6.91. The molecule has 0 saturated carbocycles. The molecule has 184 valence electrons. The molecule has 9 heteroatoms. The van der Waals surface area contributed by atoms with Gasteiger partial charge in [-0.25, -0.2) is 13.4 Å². The highest BCUT2D eigenvalue weighted by molar-refractivity contribution is 7.98. The van der Waals surface area contributed by atoms with Crippen LogP contribution < -0.4 is 5.56 Å². The molecule has 0 amide bonds. The summed E-state index contributed by atoms with van der Waals surface area (Å²) in [5, 5.41) is 10.3. The van der Waals surface area contributed by atoms with E-state index in [4.69, 9.17) is 4.74 Å². The van der Waals surface area contributed by atoms with E-state index in [0.29, 0.717) is 41.0 Å². The van der Waals surface area contributed by atoms with Crippen LogP contribution in [0.1, 0.15) is 35.4 Å². The van der Waals surface area contributed by atoms with Crippen LogP contribution in [-0.4, -0.2) is 25.3 Å². The topological polar surface area (TPSA) is 61.4 Å². The number of aryl methyl sites for hydroxylation is 1. The van der Waals surface area contributed by atoms with Gasteiger partial charge >= 0.3 is 0 Å². The minimum Gasteiger partial charge on any atom is -0.372 e. The summed E-state index contributed by atoms with van der Waals surface area (Å²) in [4.78, 5) is 16.0. The van der Waals surface area contributed by atoms with Gasteiger partial charge in [0.05, 0.1) is 23.8 Å². The van der Waals surface area contributed by atoms with Crippen molar-refractivity contribution in [1.82, 2.24) is 19.2 Å². The molecule has 0 spiro atoms. The molecule has 0 N–H and O–H groups in total. The van der Waals surface area contributed by atoms with Crippen LogP contribution in [0.2, 0.25) is 0 Å². The van der Waals surface area contributed by atoms with Gasteiger partial charge in [-0.1, -0.05) is 49.9 Å². The number of thiophene rings is 1. The third kappa shape index (κ3) is 3.95. The van der Waals surface area contributed by atoms with Gasteiger partial charge in [-0.3, -0.25) is 4.79 Å². The first-order valence-electron chi connectivity index (χ1n) is 11.9. The Hall–Kier alpha value is -3.01. The second-order valence-corrected chi connectivity index (χ2v) is 11.5. The molecule has 1 aliphatic rings. The summed E-state index contributed by atoms with van der Waals surface area (Å²) in [6, 6.07) is 14.4. The number of ether oxygens (including phenoxy) is 1. The van der Waals surface area contributed by atoms with Gasteiger partial charge in [0.15, 0.2) is 5.16 Å². The fourth-order valence-electron chi connectivity index (χ4n) is 4.73. The number of halogens is 1. The molecule has 6 rings (SSSR count). The smallest absolute Gasteiger partial charge is 0.268 e. The lowest BCUT2D eigenvalue weighted by molar-refractivity contribution is 0.00200. The van der Waals surface area contributed by atoms with Crippen LogP contribution in [0.15, 0.2) is 58.5 Å². The maximum Gasteiger partial charge on any atom is 0.268 e. The standard InChI is InChI=1S/C27H25FN4O2S2/c1-15(2)21-12-20-22(13-34-21)36-25-23(20)24(33)31(19-9-4-6-16(3)10-19)26-29-30-27(32(25)26)35-14-17-7-5-8-18(28)11-17/h4-11,15,21H,12-14H2,1-3H3. The van der Waals surface area contributed by atoms with Gasteiger partial charge in [0.1, 0.15) is 10.6 Å². The molecule has 0 radical (unpaired) electrons. The summed E-state index contributed by atoms with van der Waals surface area (Å²) in [5.74, 6) is 1.09. The van der Waals surface area contributed by atoms with E-state index in [1.165, 1.54) is 23.9 Å². The molecule has 5 aromatic rings. The van der Waals surface area contributed by atoms with Crippen molar-refractivity contribution in [3.8, 4) is 5.69 Å². The van der Waals surface area contributed by atoms with Crippen molar-refractivity contribution in [3.63, 3.8) is 0 Å². The van der Waals surface area contributed by atoms with E-state index >= 15 is 0 Å². The monoisotopic (exact) mass is 520 g/mol. The van der Waals surface area contributed by atoms with E-state index in [0.717, 1.165) is 32.1 Å². The number of benzene rings is 2. The Labute approximate surface area is 215 Å². The molecular formula is C27H25FN4O2S2. The van der Waals surface area contributed by atoms with Gasteiger partial charge in [0.2, 0.25) is 5.78 Å². The van der Waals surface area contributed by atoms with Crippen molar-refractivity contribution in [2.45, 2.75) is 50.8 Å². The zero-order chi connectivity index (χ0) is 25.0. The minimum absolute atomic E-state index is 0.0700. The van der Waals surface area contributed by atoms with Gasteiger partial charge in [0.25, 0.3) is 5.56 Å². The van der Waals surface area contributed by atoms with Crippen molar-refractivity contribution in [2.75, 3.05) is 0 Å². The molecule has 2 aromatic carbocycles. The van der Waals surface area contributed by atoms with E-state index in [1.54, 1.807) is 22.0 Å². The normalized spacial score (nSPS) is 15.8. The number of fused-ring (bicyclic) bond motifs is 5. The summed E-state index contributed by atoms with van der Waals surface area (Å²) in [6.07, 6.45) is 0.774. The Kier molecular flexibility index (Phi) is 5.94. The number of nitrogens with zero attached hydrogens (tertiary/aromatic N) is 4. The Balaban J connectivity index is 1.59. The van der Waals surface area contributed by atoms with Gasteiger partial charge in [-0.05, 0) is 53.8 Å². The molecule has 0 saturated heterocycles. The van der Waals surface area contributed by atoms with E-state index < -0.39 is 0 Å². The van der Waals surface area contributed by atoms with Crippen molar-refractivity contribution >= 4 is 39.1 Å². The first-order valence-corrected chi connectivity index (χ1v) is 13.7. The fraction of sp³-hybridized carbons (Fsp3) is 0.296. The maximum atomic E-state index is 14.1. The molecule has 1 atom stereocenters. The molecule has 3 aromatic heterocycles. The van der Waals surface area contributed by atoms with Crippen LogP contribution in [0.3, 0.4) is 0 Å². The van der Waals surface area contributed by atoms with Crippen LogP contribution >= 0.6 is 23.1 Å². The van der Waals surface area contributed by atoms with Crippen molar-refractivity contribution in [2.24, 2.45) is 5.92 Å². The van der Waals surface area contributed by atoms with Crippen LogP contribution in [-0.2, 0) is 23.5 Å².